The first-order chi connectivity index (χ1) is 9.30. The molecule has 0 aliphatic heterocycles. The summed E-state index contributed by atoms with van der Waals surface area (Å²) in [4.78, 5) is -0.430. The third-order valence-corrected chi connectivity index (χ3v) is 5.26. The largest absolute Gasteiger partial charge is 0.398 e. The zero-order valence-corrected chi connectivity index (χ0v) is 12.1. The zero-order valence-electron chi connectivity index (χ0n) is 11.3. The van der Waals surface area contributed by atoms with Gasteiger partial charge in [-0.05, 0) is 49.3 Å². The van der Waals surface area contributed by atoms with Gasteiger partial charge in [-0.25, -0.2) is 17.5 Å². The number of nitrogens with two attached hydrogens (primary N) is 1. The lowest BCUT2D eigenvalue weighted by Gasteiger charge is -2.15. The van der Waals surface area contributed by atoms with Crippen LogP contribution >= 0.6 is 0 Å². The van der Waals surface area contributed by atoms with E-state index in [4.69, 9.17) is 10.8 Å². The number of halogens is 1. The maximum absolute atomic E-state index is 13.8. The van der Waals surface area contributed by atoms with Crippen LogP contribution in [0.3, 0.4) is 0 Å². The molecule has 1 aromatic rings. The predicted octanol–water partition coefficient (Wildman–Crippen LogP) is 1.16. The van der Waals surface area contributed by atoms with Crippen molar-refractivity contribution in [3.63, 3.8) is 0 Å². The van der Waals surface area contributed by atoms with Crippen molar-refractivity contribution in [3.8, 4) is 0 Å². The van der Waals surface area contributed by atoms with Gasteiger partial charge in [0.1, 0.15) is 10.7 Å². The van der Waals surface area contributed by atoms with Gasteiger partial charge >= 0.3 is 0 Å². The Kier molecular flexibility index (Phi) is 4.04. The molecule has 5 nitrogen and oxygen atoms in total. The van der Waals surface area contributed by atoms with Crippen molar-refractivity contribution >= 4 is 15.7 Å². The van der Waals surface area contributed by atoms with Crippen LogP contribution in [0.2, 0.25) is 0 Å². The van der Waals surface area contributed by atoms with Gasteiger partial charge in [-0.1, -0.05) is 0 Å². The number of sulfonamides is 1. The first-order valence-electron chi connectivity index (χ1n) is 6.46. The second-order valence-corrected chi connectivity index (χ2v) is 7.17. The molecule has 0 amide bonds. The minimum absolute atomic E-state index is 0.0214. The zero-order chi connectivity index (χ0) is 15.0. The molecule has 112 valence electrons. The average Bonchev–Trinajstić information content (AvgIpc) is 3.12. The summed E-state index contributed by atoms with van der Waals surface area (Å²) in [6.07, 6.45) is 2.29. The number of rotatable bonds is 6. The summed E-state index contributed by atoms with van der Waals surface area (Å²) in [5, 5.41) is 8.95. The summed E-state index contributed by atoms with van der Waals surface area (Å²) in [6.45, 7) is 1.85. The lowest BCUT2D eigenvalue weighted by molar-refractivity contribution is 0.249. The van der Waals surface area contributed by atoms with E-state index >= 15 is 0 Å². The standard InChI is InChI=1S/C13H19FN2O3S/c1-9-6-10(14)12(7-11(9)15)20(18,19)16-8-13(2-3-13)4-5-17/h6-7,16-17H,2-5,8,15H2,1H3. The van der Waals surface area contributed by atoms with Crippen LogP contribution in [0.4, 0.5) is 10.1 Å². The van der Waals surface area contributed by atoms with Gasteiger partial charge in [-0.2, -0.15) is 0 Å². The highest BCUT2D eigenvalue weighted by Gasteiger charge is 2.42. The third kappa shape index (κ3) is 3.11. The maximum atomic E-state index is 13.8. The van der Waals surface area contributed by atoms with Crippen LogP contribution in [0, 0.1) is 18.2 Å². The molecular formula is C13H19FN2O3S. The minimum Gasteiger partial charge on any atom is -0.398 e. The molecule has 0 aromatic heterocycles. The Morgan fingerprint density at radius 1 is 1.45 bits per heavy atom. The molecule has 0 heterocycles. The van der Waals surface area contributed by atoms with Crippen LogP contribution in [0.15, 0.2) is 17.0 Å². The van der Waals surface area contributed by atoms with Crippen LogP contribution in [0.1, 0.15) is 24.8 Å². The number of aliphatic hydroxyl groups excluding tert-OH is 1. The number of anilines is 1. The Morgan fingerprint density at radius 2 is 2.10 bits per heavy atom. The molecule has 20 heavy (non-hydrogen) atoms. The smallest absolute Gasteiger partial charge is 0.243 e. The van der Waals surface area contributed by atoms with Gasteiger partial charge < -0.3 is 10.8 Å². The highest BCUT2D eigenvalue weighted by atomic mass is 32.2. The van der Waals surface area contributed by atoms with E-state index in [1.54, 1.807) is 6.92 Å². The van der Waals surface area contributed by atoms with E-state index < -0.39 is 20.7 Å². The Morgan fingerprint density at radius 3 is 2.65 bits per heavy atom. The molecule has 7 heteroatoms. The van der Waals surface area contributed by atoms with E-state index in [-0.39, 0.29) is 24.3 Å². The van der Waals surface area contributed by atoms with Crippen molar-refractivity contribution in [3.05, 3.63) is 23.5 Å². The fourth-order valence-electron chi connectivity index (χ4n) is 2.13. The predicted molar refractivity (Wildman–Crippen MR) is 74.1 cm³/mol. The highest BCUT2D eigenvalue weighted by Crippen LogP contribution is 2.48. The molecule has 1 saturated carbocycles. The molecule has 0 spiro atoms. The molecule has 1 aliphatic rings. The van der Waals surface area contributed by atoms with E-state index in [9.17, 15) is 12.8 Å². The molecular weight excluding hydrogens is 283 g/mol. The number of aryl methyl sites for hydroxylation is 1. The number of benzene rings is 1. The lowest BCUT2D eigenvalue weighted by Crippen LogP contribution is -2.31. The maximum Gasteiger partial charge on any atom is 0.243 e. The van der Waals surface area contributed by atoms with Crippen LogP contribution in [-0.4, -0.2) is 26.7 Å². The summed E-state index contributed by atoms with van der Waals surface area (Å²) in [5.74, 6) is -0.809. The Balaban J connectivity index is 2.17. The summed E-state index contributed by atoms with van der Waals surface area (Å²) in [5.41, 5.74) is 6.20. The van der Waals surface area contributed by atoms with E-state index in [0.717, 1.165) is 25.0 Å². The molecule has 1 fully saturated rings. The summed E-state index contributed by atoms with van der Waals surface area (Å²) < 4.78 is 40.5. The molecule has 1 aromatic carbocycles. The number of nitrogens with one attached hydrogen (secondary N) is 1. The van der Waals surface area contributed by atoms with Crippen molar-refractivity contribution in [2.45, 2.75) is 31.1 Å². The van der Waals surface area contributed by atoms with Crippen LogP contribution < -0.4 is 10.5 Å². The number of hydrogen-bond donors (Lipinski definition) is 3. The van der Waals surface area contributed by atoms with E-state index in [1.807, 2.05) is 0 Å². The highest BCUT2D eigenvalue weighted by molar-refractivity contribution is 7.89. The second-order valence-electron chi connectivity index (χ2n) is 5.44. The Hall–Kier alpha value is -1.18. The fourth-order valence-corrected chi connectivity index (χ4v) is 3.38. The molecule has 4 N–H and O–H groups in total. The van der Waals surface area contributed by atoms with E-state index in [1.165, 1.54) is 0 Å². The molecule has 0 atom stereocenters. The topological polar surface area (TPSA) is 92.4 Å². The first kappa shape index (κ1) is 15.2. The second kappa shape index (κ2) is 5.31. The number of nitrogen functional groups attached to an aromatic ring is 1. The van der Waals surface area contributed by atoms with Gasteiger partial charge in [0, 0.05) is 18.8 Å². The SMILES string of the molecule is Cc1cc(F)c(S(=O)(=O)NCC2(CCO)CC2)cc1N. The molecule has 1 aliphatic carbocycles. The fraction of sp³-hybridized carbons (Fsp3) is 0.538. The Bertz CT molecular complexity index is 612. The monoisotopic (exact) mass is 302 g/mol. The van der Waals surface area contributed by atoms with Crippen molar-refractivity contribution in [2.75, 3.05) is 18.9 Å². The quantitative estimate of drug-likeness (QED) is 0.687. The van der Waals surface area contributed by atoms with Gasteiger partial charge in [-0.3, -0.25) is 0 Å². The summed E-state index contributed by atoms with van der Waals surface area (Å²) >= 11 is 0. The minimum atomic E-state index is -3.93. The van der Waals surface area contributed by atoms with Crippen molar-refractivity contribution < 1.29 is 17.9 Å². The van der Waals surface area contributed by atoms with Gasteiger partial charge in [0.25, 0.3) is 0 Å². The van der Waals surface area contributed by atoms with Gasteiger partial charge in [-0.15, -0.1) is 0 Å². The molecule has 0 saturated heterocycles. The van der Waals surface area contributed by atoms with Gasteiger partial charge in [0.15, 0.2) is 0 Å². The summed E-state index contributed by atoms with van der Waals surface area (Å²) in [7, 11) is -3.93. The van der Waals surface area contributed by atoms with E-state index in [2.05, 4.69) is 4.72 Å². The van der Waals surface area contributed by atoms with E-state index in [0.29, 0.717) is 12.0 Å². The molecule has 2 rings (SSSR count). The molecule has 0 bridgehead atoms. The Labute approximate surface area is 118 Å². The van der Waals surface area contributed by atoms with Crippen LogP contribution in [0.5, 0.6) is 0 Å². The molecule has 0 radical (unpaired) electrons. The van der Waals surface area contributed by atoms with Crippen molar-refractivity contribution in [1.82, 2.24) is 4.72 Å². The normalized spacial score (nSPS) is 17.1. The van der Waals surface area contributed by atoms with Crippen LogP contribution in [-0.2, 0) is 10.0 Å². The number of aliphatic hydroxyl groups is 1. The van der Waals surface area contributed by atoms with Gasteiger partial charge in [0.05, 0.1) is 0 Å². The van der Waals surface area contributed by atoms with Crippen molar-refractivity contribution in [2.24, 2.45) is 5.41 Å². The van der Waals surface area contributed by atoms with Crippen molar-refractivity contribution in [1.29, 1.82) is 0 Å². The lowest BCUT2D eigenvalue weighted by atomic mass is 10.0. The average molecular weight is 302 g/mol. The summed E-state index contributed by atoms with van der Waals surface area (Å²) in [6, 6.07) is 2.25. The first-order valence-corrected chi connectivity index (χ1v) is 7.94. The third-order valence-electron chi connectivity index (χ3n) is 3.85. The van der Waals surface area contributed by atoms with Crippen LogP contribution in [0.25, 0.3) is 0 Å². The van der Waals surface area contributed by atoms with Gasteiger partial charge in [0.2, 0.25) is 10.0 Å². The number of hydrogen-bond acceptors (Lipinski definition) is 4. The molecule has 0 unspecified atom stereocenters.